The first-order valence-corrected chi connectivity index (χ1v) is 7.01. The van der Waals surface area contributed by atoms with E-state index >= 15 is 0 Å². The Bertz CT molecular complexity index is 691. The van der Waals surface area contributed by atoms with Gasteiger partial charge in [0, 0.05) is 12.6 Å². The molecular weight excluding hydrogens is 268 g/mol. The standard InChI is InChI=1S/C16H18N2O3/c1-10-15(11(2)18(3)17-10)21-16(19)13-8-9-20-14-7-5-4-6-12(13)14/h4-7,13H,8-9H2,1-3H3/t13-/m1/s1. The van der Waals surface area contributed by atoms with Crippen molar-refractivity contribution in [1.29, 1.82) is 0 Å². The van der Waals surface area contributed by atoms with Crippen LogP contribution in [0.15, 0.2) is 24.3 Å². The van der Waals surface area contributed by atoms with E-state index in [0.29, 0.717) is 18.8 Å². The van der Waals surface area contributed by atoms with Gasteiger partial charge in [0.05, 0.1) is 18.2 Å². The van der Waals surface area contributed by atoms with Crippen molar-refractivity contribution >= 4 is 5.97 Å². The van der Waals surface area contributed by atoms with Crippen molar-refractivity contribution in [3.8, 4) is 11.5 Å². The van der Waals surface area contributed by atoms with Crippen LogP contribution in [0.5, 0.6) is 11.5 Å². The third kappa shape index (κ3) is 2.39. The summed E-state index contributed by atoms with van der Waals surface area (Å²) in [4.78, 5) is 12.5. The Kier molecular flexibility index (Phi) is 3.41. The number of hydrogen-bond acceptors (Lipinski definition) is 4. The predicted octanol–water partition coefficient (Wildman–Crippen LogP) is 2.51. The number of ether oxygens (including phenoxy) is 2. The van der Waals surface area contributed by atoms with E-state index in [-0.39, 0.29) is 11.9 Å². The molecule has 2 heterocycles. The summed E-state index contributed by atoms with van der Waals surface area (Å²) in [5.74, 6) is 0.802. The van der Waals surface area contributed by atoms with Crippen molar-refractivity contribution in [1.82, 2.24) is 9.78 Å². The van der Waals surface area contributed by atoms with Crippen LogP contribution in [-0.4, -0.2) is 22.4 Å². The minimum atomic E-state index is -0.283. The molecule has 1 aliphatic rings. The fraction of sp³-hybridized carbons (Fsp3) is 0.375. The molecular formula is C16H18N2O3. The van der Waals surface area contributed by atoms with E-state index in [4.69, 9.17) is 9.47 Å². The van der Waals surface area contributed by atoms with Crippen molar-refractivity contribution in [3.05, 3.63) is 41.2 Å². The Morgan fingerprint density at radius 2 is 2.14 bits per heavy atom. The summed E-state index contributed by atoms with van der Waals surface area (Å²) in [6, 6.07) is 7.62. The Hall–Kier alpha value is -2.30. The third-order valence-electron chi connectivity index (χ3n) is 3.89. The zero-order chi connectivity index (χ0) is 15.0. The molecule has 3 rings (SSSR count). The molecule has 0 saturated carbocycles. The molecule has 0 amide bonds. The van der Waals surface area contributed by atoms with Crippen molar-refractivity contribution in [3.63, 3.8) is 0 Å². The first kappa shape index (κ1) is 13.7. The summed E-state index contributed by atoms with van der Waals surface area (Å²) in [6.07, 6.45) is 0.633. The summed E-state index contributed by atoms with van der Waals surface area (Å²) >= 11 is 0. The second kappa shape index (κ2) is 5.24. The summed E-state index contributed by atoms with van der Waals surface area (Å²) in [7, 11) is 1.84. The highest BCUT2D eigenvalue weighted by atomic mass is 16.5. The Morgan fingerprint density at radius 3 is 2.86 bits per heavy atom. The molecule has 0 unspecified atom stereocenters. The fourth-order valence-corrected chi connectivity index (χ4v) is 2.66. The van der Waals surface area contributed by atoms with Gasteiger partial charge in [0.15, 0.2) is 5.75 Å². The molecule has 0 bridgehead atoms. The second-order valence-electron chi connectivity index (χ2n) is 5.27. The quantitative estimate of drug-likeness (QED) is 0.796. The highest BCUT2D eigenvalue weighted by Gasteiger charge is 2.30. The summed E-state index contributed by atoms with van der Waals surface area (Å²) in [5, 5.41) is 4.27. The number of para-hydroxylation sites is 1. The minimum Gasteiger partial charge on any atom is -0.493 e. The van der Waals surface area contributed by atoms with E-state index in [1.165, 1.54) is 0 Å². The molecule has 1 aromatic heterocycles. The number of rotatable bonds is 2. The highest BCUT2D eigenvalue weighted by Crippen LogP contribution is 2.35. The van der Waals surface area contributed by atoms with Crippen molar-refractivity contribution in [2.24, 2.45) is 7.05 Å². The smallest absolute Gasteiger partial charge is 0.319 e. The molecule has 0 spiro atoms. The molecule has 1 aromatic carbocycles. The maximum Gasteiger partial charge on any atom is 0.319 e. The molecule has 2 aromatic rings. The van der Waals surface area contributed by atoms with Gasteiger partial charge >= 0.3 is 5.97 Å². The molecule has 5 heteroatoms. The normalized spacial score (nSPS) is 17.0. The lowest BCUT2D eigenvalue weighted by Gasteiger charge is -2.24. The number of carbonyl (C=O) groups is 1. The van der Waals surface area contributed by atoms with Crippen molar-refractivity contribution in [2.45, 2.75) is 26.2 Å². The van der Waals surface area contributed by atoms with E-state index in [2.05, 4.69) is 5.10 Å². The maximum absolute atomic E-state index is 12.5. The summed E-state index contributed by atoms with van der Waals surface area (Å²) in [5.41, 5.74) is 2.47. The van der Waals surface area contributed by atoms with Crippen LogP contribution in [0.2, 0.25) is 0 Å². The summed E-state index contributed by atoms with van der Waals surface area (Å²) < 4.78 is 12.9. The van der Waals surface area contributed by atoms with Crippen LogP contribution in [0, 0.1) is 13.8 Å². The first-order valence-electron chi connectivity index (χ1n) is 7.01. The lowest BCUT2D eigenvalue weighted by atomic mass is 9.93. The second-order valence-corrected chi connectivity index (χ2v) is 5.27. The number of esters is 1. The van der Waals surface area contributed by atoms with Gasteiger partial charge in [0.2, 0.25) is 0 Å². The Labute approximate surface area is 123 Å². The molecule has 0 fully saturated rings. The number of aromatic nitrogens is 2. The maximum atomic E-state index is 12.5. The number of nitrogens with zero attached hydrogens (tertiary/aromatic N) is 2. The monoisotopic (exact) mass is 286 g/mol. The topological polar surface area (TPSA) is 53.4 Å². The van der Waals surface area contributed by atoms with Crippen LogP contribution in [-0.2, 0) is 11.8 Å². The SMILES string of the molecule is Cc1nn(C)c(C)c1OC(=O)[C@@H]1CCOc2ccccc21. The minimum absolute atomic E-state index is 0.245. The first-order chi connectivity index (χ1) is 10.1. The van der Waals surface area contributed by atoms with Gasteiger partial charge < -0.3 is 9.47 Å². The number of fused-ring (bicyclic) bond motifs is 1. The van der Waals surface area contributed by atoms with Gasteiger partial charge in [-0.1, -0.05) is 18.2 Å². The Balaban J connectivity index is 1.87. The van der Waals surface area contributed by atoms with E-state index in [1.54, 1.807) is 4.68 Å². The predicted molar refractivity (Wildman–Crippen MR) is 77.6 cm³/mol. The number of hydrogen-bond donors (Lipinski definition) is 0. The van der Waals surface area contributed by atoms with Crippen LogP contribution < -0.4 is 9.47 Å². The lowest BCUT2D eigenvalue weighted by Crippen LogP contribution is -2.25. The third-order valence-corrected chi connectivity index (χ3v) is 3.89. The zero-order valence-electron chi connectivity index (χ0n) is 12.4. The molecule has 0 N–H and O–H groups in total. The van der Waals surface area contributed by atoms with E-state index in [1.807, 2.05) is 45.2 Å². The van der Waals surface area contributed by atoms with Crippen molar-refractivity contribution in [2.75, 3.05) is 6.61 Å². The van der Waals surface area contributed by atoms with Gasteiger partial charge in [-0.3, -0.25) is 9.48 Å². The Morgan fingerprint density at radius 1 is 1.38 bits per heavy atom. The van der Waals surface area contributed by atoms with Crippen LogP contribution in [0.1, 0.15) is 29.3 Å². The highest BCUT2D eigenvalue weighted by molar-refractivity contribution is 5.82. The average molecular weight is 286 g/mol. The molecule has 1 atom stereocenters. The van der Waals surface area contributed by atoms with Gasteiger partial charge in [-0.25, -0.2) is 0 Å². The van der Waals surface area contributed by atoms with E-state index in [9.17, 15) is 4.79 Å². The zero-order valence-corrected chi connectivity index (χ0v) is 12.4. The fourth-order valence-electron chi connectivity index (χ4n) is 2.66. The number of benzene rings is 1. The van der Waals surface area contributed by atoms with Gasteiger partial charge in [-0.2, -0.15) is 5.10 Å². The van der Waals surface area contributed by atoms with Crippen LogP contribution >= 0.6 is 0 Å². The molecule has 0 aliphatic carbocycles. The van der Waals surface area contributed by atoms with Crippen LogP contribution in [0.4, 0.5) is 0 Å². The molecule has 1 aliphatic heterocycles. The average Bonchev–Trinajstić information content (AvgIpc) is 2.73. The van der Waals surface area contributed by atoms with E-state index < -0.39 is 0 Å². The van der Waals surface area contributed by atoms with E-state index in [0.717, 1.165) is 22.7 Å². The lowest BCUT2D eigenvalue weighted by molar-refractivity contribution is -0.136. The summed E-state index contributed by atoms with van der Waals surface area (Å²) in [6.45, 7) is 4.26. The van der Waals surface area contributed by atoms with Gasteiger partial charge in [0.25, 0.3) is 0 Å². The molecule has 0 saturated heterocycles. The molecule has 110 valence electrons. The van der Waals surface area contributed by atoms with Gasteiger partial charge in [-0.05, 0) is 26.3 Å². The largest absolute Gasteiger partial charge is 0.493 e. The van der Waals surface area contributed by atoms with Crippen molar-refractivity contribution < 1.29 is 14.3 Å². The molecule has 21 heavy (non-hydrogen) atoms. The van der Waals surface area contributed by atoms with Gasteiger partial charge in [0.1, 0.15) is 11.4 Å². The number of carbonyl (C=O) groups excluding carboxylic acids is 1. The van der Waals surface area contributed by atoms with Gasteiger partial charge in [-0.15, -0.1) is 0 Å². The van der Waals surface area contributed by atoms with Crippen LogP contribution in [0.25, 0.3) is 0 Å². The van der Waals surface area contributed by atoms with Crippen LogP contribution in [0.3, 0.4) is 0 Å². The molecule has 0 radical (unpaired) electrons. The number of aryl methyl sites for hydroxylation is 2. The molecule has 5 nitrogen and oxygen atoms in total.